The molecule has 0 saturated carbocycles. The van der Waals surface area contributed by atoms with Crippen LogP contribution in [0.2, 0.25) is 0 Å². The average Bonchev–Trinajstić information content (AvgIpc) is 3.22. The normalized spacial score (nSPS) is 17.3. The van der Waals surface area contributed by atoms with Crippen LogP contribution in [-0.4, -0.2) is 38.2 Å². The fraction of sp³-hybridized carbons (Fsp3) is 0.300. The molecule has 27 heavy (non-hydrogen) atoms. The first kappa shape index (κ1) is 17.4. The number of nitrogens with zero attached hydrogens (tertiary/aromatic N) is 5. The number of hydrogen-bond donors (Lipinski definition) is 1. The van der Waals surface area contributed by atoms with Gasteiger partial charge in [-0.1, -0.05) is 12.1 Å². The molecule has 138 valence electrons. The number of aryl methyl sites for hydroxylation is 1. The lowest BCUT2D eigenvalue weighted by molar-refractivity contribution is -0.121. The molecule has 3 aromatic rings. The van der Waals surface area contributed by atoms with Crippen molar-refractivity contribution < 1.29 is 4.79 Å². The third-order valence-corrected chi connectivity index (χ3v) is 4.88. The highest BCUT2D eigenvalue weighted by Gasteiger charge is 2.29. The van der Waals surface area contributed by atoms with Crippen molar-refractivity contribution >= 4 is 11.6 Å². The van der Waals surface area contributed by atoms with Gasteiger partial charge in [0.2, 0.25) is 5.91 Å². The summed E-state index contributed by atoms with van der Waals surface area (Å²) in [5.74, 6) is 0.116. The maximum Gasteiger partial charge on any atom is 0.244 e. The van der Waals surface area contributed by atoms with Gasteiger partial charge in [-0.3, -0.25) is 9.78 Å². The van der Waals surface area contributed by atoms with Crippen LogP contribution in [0.5, 0.6) is 0 Å². The highest BCUT2D eigenvalue weighted by molar-refractivity contribution is 5.97. The van der Waals surface area contributed by atoms with E-state index in [1.807, 2.05) is 23.1 Å². The SMILES string of the molecule is Cc1cc(CN[C@H]2CCCN(c3cccnc3)C2=O)ccc1-n1cncn1. The maximum atomic E-state index is 12.8. The number of aromatic nitrogens is 4. The molecule has 7 nitrogen and oxygen atoms in total. The number of rotatable bonds is 5. The Morgan fingerprint density at radius 3 is 2.93 bits per heavy atom. The number of carbonyl (C=O) groups is 1. The van der Waals surface area contributed by atoms with E-state index in [2.05, 4.69) is 39.4 Å². The molecular formula is C20H22N6O. The average molecular weight is 362 g/mol. The standard InChI is InChI=1S/C20H22N6O/c1-15-10-16(6-7-19(15)26-14-22-13-24-26)11-23-18-5-3-9-25(20(18)27)17-4-2-8-21-12-17/h2,4,6-8,10,12-14,18,23H,3,5,9,11H2,1H3/t18-/m0/s1. The highest BCUT2D eigenvalue weighted by Crippen LogP contribution is 2.21. The second kappa shape index (κ2) is 7.67. The van der Waals surface area contributed by atoms with Gasteiger partial charge in [-0.15, -0.1) is 0 Å². The van der Waals surface area contributed by atoms with E-state index in [4.69, 9.17) is 0 Å². The van der Waals surface area contributed by atoms with Gasteiger partial charge in [-0.2, -0.15) is 5.10 Å². The molecule has 0 bridgehead atoms. The Labute approximate surface area is 158 Å². The molecule has 1 aromatic carbocycles. The van der Waals surface area contributed by atoms with Crippen molar-refractivity contribution in [2.24, 2.45) is 0 Å². The lowest BCUT2D eigenvalue weighted by atomic mass is 10.0. The van der Waals surface area contributed by atoms with Gasteiger partial charge in [-0.25, -0.2) is 9.67 Å². The lowest BCUT2D eigenvalue weighted by Crippen LogP contribution is -2.50. The van der Waals surface area contributed by atoms with E-state index in [0.717, 1.165) is 41.9 Å². The second-order valence-corrected chi connectivity index (χ2v) is 6.74. The van der Waals surface area contributed by atoms with E-state index >= 15 is 0 Å². The van der Waals surface area contributed by atoms with Gasteiger partial charge < -0.3 is 10.2 Å². The van der Waals surface area contributed by atoms with Gasteiger partial charge in [0, 0.05) is 19.3 Å². The monoisotopic (exact) mass is 362 g/mol. The van der Waals surface area contributed by atoms with Gasteiger partial charge in [0.25, 0.3) is 0 Å². The van der Waals surface area contributed by atoms with Crippen LogP contribution in [0.1, 0.15) is 24.0 Å². The van der Waals surface area contributed by atoms with Crippen molar-refractivity contribution in [3.05, 3.63) is 66.5 Å². The predicted octanol–water partition coefficient (Wildman–Crippen LogP) is 2.26. The maximum absolute atomic E-state index is 12.8. The first-order valence-electron chi connectivity index (χ1n) is 9.12. The Balaban J connectivity index is 1.42. The van der Waals surface area contributed by atoms with Gasteiger partial charge in [0.1, 0.15) is 12.7 Å². The molecule has 7 heteroatoms. The molecule has 3 heterocycles. The summed E-state index contributed by atoms with van der Waals surface area (Å²) in [5.41, 5.74) is 4.13. The molecule has 2 aromatic heterocycles. The first-order chi connectivity index (χ1) is 13.2. The number of hydrogen-bond acceptors (Lipinski definition) is 5. The number of benzene rings is 1. The van der Waals surface area contributed by atoms with Crippen molar-refractivity contribution in [2.75, 3.05) is 11.4 Å². The van der Waals surface area contributed by atoms with Crippen molar-refractivity contribution in [3.63, 3.8) is 0 Å². The number of carbonyl (C=O) groups excluding carboxylic acids is 1. The van der Waals surface area contributed by atoms with E-state index < -0.39 is 0 Å². The Morgan fingerprint density at radius 2 is 2.19 bits per heavy atom. The Kier molecular flexibility index (Phi) is 4.93. The molecule has 1 N–H and O–H groups in total. The van der Waals surface area contributed by atoms with Crippen LogP contribution in [0, 0.1) is 6.92 Å². The number of amides is 1. The minimum atomic E-state index is -0.172. The van der Waals surface area contributed by atoms with Crippen molar-refractivity contribution in [1.29, 1.82) is 0 Å². The lowest BCUT2D eigenvalue weighted by Gasteiger charge is -2.32. The van der Waals surface area contributed by atoms with Crippen molar-refractivity contribution in [3.8, 4) is 5.69 Å². The van der Waals surface area contributed by atoms with Crippen LogP contribution in [0.3, 0.4) is 0 Å². The number of nitrogens with one attached hydrogen (secondary N) is 1. The number of piperidine rings is 1. The van der Waals surface area contributed by atoms with Crippen molar-refractivity contribution in [2.45, 2.75) is 32.4 Å². The topological polar surface area (TPSA) is 75.9 Å². The Hall–Kier alpha value is -3.06. The van der Waals surface area contributed by atoms with Gasteiger partial charge in [0.05, 0.1) is 23.6 Å². The number of anilines is 1. The van der Waals surface area contributed by atoms with Crippen molar-refractivity contribution in [1.82, 2.24) is 25.1 Å². The third-order valence-electron chi connectivity index (χ3n) is 4.88. The summed E-state index contributed by atoms with van der Waals surface area (Å²) in [6.07, 6.45) is 8.51. The molecule has 0 spiro atoms. The minimum Gasteiger partial charge on any atom is -0.310 e. The van der Waals surface area contributed by atoms with Crippen LogP contribution in [0.25, 0.3) is 5.69 Å². The third kappa shape index (κ3) is 3.73. The summed E-state index contributed by atoms with van der Waals surface area (Å²) < 4.78 is 1.75. The molecule has 1 amide bonds. The zero-order valence-corrected chi connectivity index (χ0v) is 15.2. The zero-order chi connectivity index (χ0) is 18.6. The zero-order valence-electron chi connectivity index (χ0n) is 15.2. The molecule has 0 radical (unpaired) electrons. The van der Waals surface area contributed by atoms with Crippen LogP contribution in [0.4, 0.5) is 5.69 Å². The fourth-order valence-corrected chi connectivity index (χ4v) is 3.49. The Bertz CT molecular complexity index is 909. The van der Waals surface area contributed by atoms with Crippen LogP contribution in [-0.2, 0) is 11.3 Å². The smallest absolute Gasteiger partial charge is 0.244 e. The molecule has 1 aliphatic heterocycles. The second-order valence-electron chi connectivity index (χ2n) is 6.74. The molecular weight excluding hydrogens is 340 g/mol. The molecule has 1 saturated heterocycles. The minimum absolute atomic E-state index is 0.116. The molecule has 0 unspecified atom stereocenters. The number of pyridine rings is 1. The summed E-state index contributed by atoms with van der Waals surface area (Å²) in [7, 11) is 0. The van der Waals surface area contributed by atoms with Crippen LogP contribution < -0.4 is 10.2 Å². The molecule has 1 aliphatic rings. The molecule has 4 rings (SSSR count). The van der Waals surface area contributed by atoms with Gasteiger partial charge >= 0.3 is 0 Å². The molecule has 1 atom stereocenters. The molecule has 1 fully saturated rings. The van der Waals surface area contributed by atoms with E-state index in [9.17, 15) is 4.79 Å². The fourth-order valence-electron chi connectivity index (χ4n) is 3.49. The van der Waals surface area contributed by atoms with Gasteiger partial charge in [0.15, 0.2) is 0 Å². The van der Waals surface area contributed by atoms with Crippen LogP contribution >= 0.6 is 0 Å². The summed E-state index contributed by atoms with van der Waals surface area (Å²) in [6, 6.07) is 9.83. The predicted molar refractivity (Wildman–Crippen MR) is 103 cm³/mol. The summed E-state index contributed by atoms with van der Waals surface area (Å²) >= 11 is 0. The van der Waals surface area contributed by atoms with E-state index in [1.54, 1.807) is 23.4 Å². The Morgan fingerprint density at radius 1 is 1.26 bits per heavy atom. The summed E-state index contributed by atoms with van der Waals surface area (Å²) in [6.45, 7) is 3.45. The summed E-state index contributed by atoms with van der Waals surface area (Å²) in [5, 5.41) is 7.60. The summed E-state index contributed by atoms with van der Waals surface area (Å²) in [4.78, 5) is 22.8. The molecule has 0 aliphatic carbocycles. The quantitative estimate of drug-likeness (QED) is 0.753. The van der Waals surface area contributed by atoms with E-state index in [-0.39, 0.29) is 11.9 Å². The van der Waals surface area contributed by atoms with Gasteiger partial charge in [-0.05, 0) is 49.1 Å². The first-order valence-corrected chi connectivity index (χ1v) is 9.12. The largest absolute Gasteiger partial charge is 0.310 e. The van der Waals surface area contributed by atoms with Crippen LogP contribution in [0.15, 0.2) is 55.4 Å². The van der Waals surface area contributed by atoms with E-state index in [0.29, 0.717) is 6.54 Å². The highest BCUT2D eigenvalue weighted by atomic mass is 16.2. The van der Waals surface area contributed by atoms with E-state index in [1.165, 1.54) is 6.33 Å².